The largest absolute Gasteiger partial charge is 0.336 e. The molecule has 2 amide bonds. The van der Waals surface area contributed by atoms with E-state index < -0.39 is 6.04 Å². The van der Waals surface area contributed by atoms with E-state index in [0.717, 1.165) is 43.7 Å². The van der Waals surface area contributed by atoms with Crippen molar-refractivity contribution in [2.24, 2.45) is 11.7 Å². The number of anilines is 1. The fraction of sp³-hybridized carbons (Fsp3) is 0.412. The fourth-order valence-corrected chi connectivity index (χ4v) is 5.37. The summed E-state index contributed by atoms with van der Waals surface area (Å²) in [5, 5.41) is 0. The van der Waals surface area contributed by atoms with Gasteiger partial charge in [-0.05, 0) is 47.9 Å². The Hall–Kier alpha value is -3.48. The first-order valence-electron chi connectivity index (χ1n) is 14.6. The molecular weight excluding hydrogens is 496 g/mol. The van der Waals surface area contributed by atoms with Crippen molar-refractivity contribution in [3.63, 3.8) is 0 Å². The summed E-state index contributed by atoms with van der Waals surface area (Å²) in [6, 6.07) is 28.1. The van der Waals surface area contributed by atoms with Crippen molar-refractivity contribution in [3.8, 4) is 0 Å². The summed E-state index contributed by atoms with van der Waals surface area (Å²) in [6.07, 6.45) is 2.70. The van der Waals surface area contributed by atoms with Crippen molar-refractivity contribution in [2.45, 2.75) is 58.7 Å². The van der Waals surface area contributed by atoms with Crippen LogP contribution in [0.3, 0.4) is 0 Å². The number of hydrogen-bond donors (Lipinski definition) is 1. The van der Waals surface area contributed by atoms with Gasteiger partial charge in [-0.3, -0.25) is 14.5 Å². The predicted octanol–water partition coefficient (Wildman–Crippen LogP) is 5.26. The highest BCUT2D eigenvalue weighted by Gasteiger charge is 2.26. The molecule has 0 spiro atoms. The molecule has 0 saturated heterocycles. The third-order valence-electron chi connectivity index (χ3n) is 7.53. The number of para-hydroxylation sites is 1. The number of rotatable bonds is 8. The van der Waals surface area contributed by atoms with Crippen LogP contribution in [0.15, 0.2) is 84.9 Å². The lowest BCUT2D eigenvalue weighted by Crippen LogP contribution is -2.46. The van der Waals surface area contributed by atoms with Crippen LogP contribution in [0, 0.1) is 5.92 Å². The number of nitrogens with two attached hydrogens (primary N) is 1. The van der Waals surface area contributed by atoms with E-state index in [4.69, 9.17) is 5.73 Å². The molecule has 0 aliphatic carbocycles. The molecule has 1 aliphatic heterocycles. The molecule has 2 N–H and O–H groups in total. The van der Waals surface area contributed by atoms with Gasteiger partial charge in [0.25, 0.3) is 0 Å². The van der Waals surface area contributed by atoms with Crippen LogP contribution in [0.25, 0.3) is 0 Å². The zero-order valence-corrected chi connectivity index (χ0v) is 24.0. The van der Waals surface area contributed by atoms with Gasteiger partial charge < -0.3 is 15.5 Å². The molecule has 1 heterocycles. The molecule has 3 aromatic rings. The Balaban J connectivity index is 1.59. The average Bonchev–Trinajstić information content (AvgIpc) is 2.99. The van der Waals surface area contributed by atoms with Gasteiger partial charge in [0.2, 0.25) is 11.8 Å². The Morgan fingerprint density at radius 3 is 2.15 bits per heavy atom. The fourth-order valence-electron chi connectivity index (χ4n) is 5.37. The summed E-state index contributed by atoms with van der Waals surface area (Å²) in [4.78, 5) is 33.5. The standard InChI is InChI=1S/C34H44N4O2/c1-27(2)24-33(39)38-21-11-20-36(25-29-14-7-4-8-15-29)22-23-37(26-30-16-9-10-17-32(30)38)34(40)31(35)19-18-28-12-5-3-6-13-28/h3-10,12-17,27,31H,11,18-26,35H2,1-2H3/t31-/m0/s1. The number of nitrogens with zero attached hydrogens (tertiary/aromatic N) is 3. The summed E-state index contributed by atoms with van der Waals surface area (Å²) in [6.45, 7) is 8.20. The van der Waals surface area contributed by atoms with E-state index in [0.29, 0.717) is 32.5 Å². The molecule has 0 aromatic heterocycles. The first-order valence-corrected chi connectivity index (χ1v) is 14.6. The average molecular weight is 541 g/mol. The first kappa shape index (κ1) is 29.5. The maximum absolute atomic E-state index is 13.8. The van der Waals surface area contributed by atoms with Gasteiger partial charge >= 0.3 is 0 Å². The molecular formula is C34H44N4O2. The van der Waals surface area contributed by atoms with Crippen LogP contribution in [-0.4, -0.2) is 53.8 Å². The molecule has 0 saturated carbocycles. The van der Waals surface area contributed by atoms with Crippen LogP contribution >= 0.6 is 0 Å². The van der Waals surface area contributed by atoms with Gasteiger partial charge in [-0.1, -0.05) is 92.7 Å². The Morgan fingerprint density at radius 2 is 1.45 bits per heavy atom. The molecule has 1 aliphatic rings. The quantitative estimate of drug-likeness (QED) is 0.423. The number of fused-ring (bicyclic) bond motifs is 1. The van der Waals surface area contributed by atoms with Gasteiger partial charge in [-0.2, -0.15) is 0 Å². The smallest absolute Gasteiger partial charge is 0.239 e. The van der Waals surface area contributed by atoms with E-state index in [2.05, 4.69) is 55.1 Å². The summed E-state index contributed by atoms with van der Waals surface area (Å²) < 4.78 is 0. The zero-order valence-electron chi connectivity index (χ0n) is 24.0. The van der Waals surface area contributed by atoms with Crippen LogP contribution < -0.4 is 10.6 Å². The van der Waals surface area contributed by atoms with E-state index in [1.165, 1.54) is 11.1 Å². The molecule has 4 rings (SSSR count). The molecule has 40 heavy (non-hydrogen) atoms. The summed E-state index contributed by atoms with van der Waals surface area (Å²) >= 11 is 0. The van der Waals surface area contributed by atoms with Gasteiger partial charge in [-0.15, -0.1) is 0 Å². The highest BCUT2D eigenvalue weighted by molar-refractivity contribution is 5.94. The Labute approximate surface area is 239 Å². The molecule has 6 heteroatoms. The van der Waals surface area contributed by atoms with E-state index in [-0.39, 0.29) is 17.7 Å². The number of carbonyl (C=O) groups excluding carboxylic acids is 2. The van der Waals surface area contributed by atoms with Crippen LogP contribution in [0.2, 0.25) is 0 Å². The van der Waals surface area contributed by atoms with E-state index >= 15 is 0 Å². The van der Waals surface area contributed by atoms with Gasteiger partial charge in [0.1, 0.15) is 0 Å². The van der Waals surface area contributed by atoms with Crippen molar-refractivity contribution in [3.05, 3.63) is 102 Å². The molecule has 3 aromatic carbocycles. The molecule has 212 valence electrons. The molecule has 0 unspecified atom stereocenters. The van der Waals surface area contributed by atoms with Crippen molar-refractivity contribution >= 4 is 17.5 Å². The third-order valence-corrected chi connectivity index (χ3v) is 7.53. The maximum atomic E-state index is 13.8. The van der Waals surface area contributed by atoms with Gasteiger partial charge in [0, 0.05) is 51.4 Å². The zero-order chi connectivity index (χ0) is 28.3. The minimum atomic E-state index is -0.584. The Bertz CT molecular complexity index is 1210. The topological polar surface area (TPSA) is 69.9 Å². The van der Waals surface area contributed by atoms with Crippen molar-refractivity contribution in [1.82, 2.24) is 9.80 Å². The van der Waals surface area contributed by atoms with Crippen molar-refractivity contribution in [2.75, 3.05) is 31.1 Å². The van der Waals surface area contributed by atoms with Crippen LogP contribution in [0.1, 0.15) is 49.8 Å². The summed E-state index contributed by atoms with van der Waals surface area (Å²) in [7, 11) is 0. The predicted molar refractivity (Wildman–Crippen MR) is 163 cm³/mol. The van der Waals surface area contributed by atoms with E-state index in [1.54, 1.807) is 0 Å². The minimum Gasteiger partial charge on any atom is -0.336 e. The lowest BCUT2D eigenvalue weighted by atomic mass is 10.0. The molecule has 0 fully saturated rings. The Kier molecular flexibility index (Phi) is 10.9. The third kappa shape index (κ3) is 8.51. The van der Waals surface area contributed by atoms with Gasteiger partial charge in [-0.25, -0.2) is 0 Å². The lowest BCUT2D eigenvalue weighted by Gasteiger charge is -2.30. The second kappa shape index (κ2) is 14.8. The number of hydrogen-bond acceptors (Lipinski definition) is 4. The monoisotopic (exact) mass is 540 g/mol. The summed E-state index contributed by atoms with van der Waals surface area (Å²) in [5.41, 5.74) is 10.8. The van der Waals surface area contributed by atoms with Gasteiger partial charge in [0.15, 0.2) is 0 Å². The molecule has 0 radical (unpaired) electrons. The van der Waals surface area contributed by atoms with E-state index in [1.807, 2.05) is 58.3 Å². The van der Waals surface area contributed by atoms with E-state index in [9.17, 15) is 9.59 Å². The number of benzene rings is 3. The lowest BCUT2D eigenvalue weighted by molar-refractivity contribution is -0.133. The second-order valence-corrected chi connectivity index (χ2v) is 11.3. The van der Waals surface area contributed by atoms with Crippen molar-refractivity contribution in [1.29, 1.82) is 0 Å². The van der Waals surface area contributed by atoms with Crippen LogP contribution in [0.4, 0.5) is 5.69 Å². The first-order chi connectivity index (χ1) is 19.4. The molecule has 6 nitrogen and oxygen atoms in total. The summed E-state index contributed by atoms with van der Waals surface area (Å²) in [5.74, 6) is 0.367. The van der Waals surface area contributed by atoms with Crippen molar-refractivity contribution < 1.29 is 9.59 Å². The van der Waals surface area contributed by atoms with Crippen LogP contribution in [-0.2, 0) is 29.1 Å². The van der Waals surface area contributed by atoms with Gasteiger partial charge in [0.05, 0.1) is 6.04 Å². The minimum absolute atomic E-state index is 0.0373. The SMILES string of the molecule is CC(C)CC(=O)N1CCCN(Cc2ccccc2)CCN(C(=O)[C@@H](N)CCc2ccccc2)Cc2ccccc21. The maximum Gasteiger partial charge on any atom is 0.239 e. The molecule has 0 bridgehead atoms. The Morgan fingerprint density at radius 1 is 0.800 bits per heavy atom. The number of aryl methyl sites for hydroxylation is 1. The highest BCUT2D eigenvalue weighted by atomic mass is 16.2. The van der Waals surface area contributed by atoms with Crippen LogP contribution in [0.5, 0.6) is 0 Å². The number of amides is 2. The molecule has 1 atom stereocenters. The highest BCUT2D eigenvalue weighted by Crippen LogP contribution is 2.25. The second-order valence-electron chi connectivity index (χ2n) is 11.3. The normalized spacial score (nSPS) is 15.8. The number of carbonyl (C=O) groups is 2.